The van der Waals surface area contributed by atoms with Gasteiger partial charge in [0.05, 0.1) is 4.90 Å². The SMILES string of the molecule is CC(C)(C)c1ccc(C(=O)N=C(Cc2ccc(Br)cc2)C(=O)Nc2ccc(S(N)(=O)=O)cc2)cc1. The number of halogens is 1. The number of anilines is 1. The molecule has 3 N–H and O–H groups in total. The van der Waals surface area contributed by atoms with Crippen LogP contribution in [0.15, 0.2) is 87.2 Å². The summed E-state index contributed by atoms with van der Waals surface area (Å²) in [5.41, 5.74) is 2.55. The van der Waals surface area contributed by atoms with Crippen LogP contribution in [0.3, 0.4) is 0 Å². The number of amides is 2. The van der Waals surface area contributed by atoms with E-state index in [1.54, 1.807) is 12.1 Å². The molecule has 9 heteroatoms. The quantitative estimate of drug-likeness (QED) is 0.422. The predicted molar refractivity (Wildman–Crippen MR) is 141 cm³/mol. The van der Waals surface area contributed by atoms with Gasteiger partial charge >= 0.3 is 0 Å². The molecule has 35 heavy (non-hydrogen) atoms. The summed E-state index contributed by atoms with van der Waals surface area (Å²) in [6, 6.07) is 19.9. The first kappa shape index (κ1) is 26.5. The normalized spacial score (nSPS) is 12.3. The van der Waals surface area contributed by atoms with E-state index in [2.05, 4.69) is 47.0 Å². The van der Waals surface area contributed by atoms with Crippen molar-refractivity contribution in [3.63, 3.8) is 0 Å². The molecule has 3 aromatic rings. The van der Waals surface area contributed by atoms with Crippen molar-refractivity contribution in [3.05, 3.63) is 94.0 Å². The third-order valence-electron chi connectivity index (χ3n) is 5.22. The van der Waals surface area contributed by atoms with E-state index in [1.807, 2.05) is 36.4 Å². The summed E-state index contributed by atoms with van der Waals surface area (Å²) >= 11 is 3.38. The molecule has 0 bridgehead atoms. The standard InChI is InChI=1S/C26H26BrN3O4S/c1-26(2,3)19-8-6-18(7-9-19)24(31)30-23(16-17-4-10-20(27)11-5-17)25(32)29-21-12-14-22(15-13-21)35(28,33)34/h4-15H,16H2,1-3H3,(H,29,32)(H2,28,33,34). The monoisotopic (exact) mass is 555 g/mol. The van der Waals surface area contributed by atoms with Gasteiger partial charge in [0, 0.05) is 22.1 Å². The Morgan fingerprint density at radius 2 is 1.49 bits per heavy atom. The van der Waals surface area contributed by atoms with Crippen molar-refractivity contribution < 1.29 is 18.0 Å². The van der Waals surface area contributed by atoms with E-state index >= 15 is 0 Å². The predicted octanol–water partition coefficient (Wildman–Crippen LogP) is 4.86. The summed E-state index contributed by atoms with van der Waals surface area (Å²) in [6.45, 7) is 6.24. The second kappa shape index (κ2) is 10.6. The molecule has 7 nitrogen and oxygen atoms in total. The topological polar surface area (TPSA) is 119 Å². The minimum absolute atomic E-state index is 0.0211. The number of rotatable bonds is 6. The van der Waals surface area contributed by atoms with Crippen molar-refractivity contribution in [1.82, 2.24) is 0 Å². The number of primary sulfonamides is 1. The average molecular weight is 556 g/mol. The van der Waals surface area contributed by atoms with Gasteiger partial charge in [-0.15, -0.1) is 0 Å². The summed E-state index contributed by atoms with van der Waals surface area (Å²) in [5, 5.41) is 7.79. The number of nitrogens with two attached hydrogens (primary N) is 1. The highest BCUT2D eigenvalue weighted by molar-refractivity contribution is 9.10. The van der Waals surface area contributed by atoms with Gasteiger partial charge in [-0.1, -0.05) is 61.0 Å². The molecule has 3 aromatic carbocycles. The Morgan fingerprint density at radius 3 is 2.00 bits per heavy atom. The highest BCUT2D eigenvalue weighted by Crippen LogP contribution is 2.22. The van der Waals surface area contributed by atoms with Crippen LogP contribution in [-0.4, -0.2) is 25.9 Å². The van der Waals surface area contributed by atoms with E-state index in [9.17, 15) is 18.0 Å². The van der Waals surface area contributed by atoms with Crippen LogP contribution >= 0.6 is 15.9 Å². The molecule has 0 spiro atoms. The van der Waals surface area contributed by atoms with Gasteiger partial charge in [0.1, 0.15) is 5.71 Å². The number of sulfonamides is 1. The second-order valence-electron chi connectivity index (χ2n) is 9.02. The Morgan fingerprint density at radius 1 is 0.914 bits per heavy atom. The van der Waals surface area contributed by atoms with E-state index in [0.717, 1.165) is 15.6 Å². The molecule has 0 saturated heterocycles. The van der Waals surface area contributed by atoms with Gasteiger partial charge in [0.25, 0.3) is 11.8 Å². The van der Waals surface area contributed by atoms with Crippen LogP contribution in [0.5, 0.6) is 0 Å². The highest BCUT2D eigenvalue weighted by Gasteiger charge is 2.18. The van der Waals surface area contributed by atoms with Crippen molar-refractivity contribution in [2.24, 2.45) is 10.1 Å². The van der Waals surface area contributed by atoms with Crippen LogP contribution in [0.25, 0.3) is 0 Å². The molecule has 2 amide bonds. The Labute approximate surface area is 213 Å². The van der Waals surface area contributed by atoms with Gasteiger partial charge in [-0.3, -0.25) is 9.59 Å². The summed E-state index contributed by atoms with van der Waals surface area (Å²) in [4.78, 5) is 30.1. The van der Waals surface area contributed by atoms with Crippen molar-refractivity contribution in [1.29, 1.82) is 0 Å². The minimum Gasteiger partial charge on any atom is -0.321 e. The molecular formula is C26H26BrN3O4S. The van der Waals surface area contributed by atoms with Crippen LogP contribution in [0, 0.1) is 0 Å². The largest absolute Gasteiger partial charge is 0.321 e. The van der Waals surface area contributed by atoms with Crippen LogP contribution in [0.2, 0.25) is 0 Å². The van der Waals surface area contributed by atoms with Gasteiger partial charge < -0.3 is 5.32 Å². The maximum Gasteiger partial charge on any atom is 0.277 e. The molecule has 0 saturated carbocycles. The zero-order valence-corrected chi connectivity index (χ0v) is 22.0. The van der Waals surface area contributed by atoms with E-state index in [1.165, 1.54) is 24.3 Å². The molecule has 0 aliphatic carbocycles. The van der Waals surface area contributed by atoms with Crippen molar-refractivity contribution >= 4 is 49.2 Å². The van der Waals surface area contributed by atoms with Crippen molar-refractivity contribution in [3.8, 4) is 0 Å². The molecule has 0 atom stereocenters. The Hall–Kier alpha value is -3.14. The number of benzene rings is 3. The van der Waals surface area contributed by atoms with Gasteiger partial charge in [0.15, 0.2) is 0 Å². The second-order valence-corrected chi connectivity index (χ2v) is 11.5. The highest BCUT2D eigenvalue weighted by atomic mass is 79.9. The molecule has 0 radical (unpaired) electrons. The molecule has 182 valence electrons. The zero-order chi connectivity index (χ0) is 25.8. The van der Waals surface area contributed by atoms with Crippen LogP contribution in [0.4, 0.5) is 5.69 Å². The number of carbonyl (C=O) groups is 2. The summed E-state index contributed by atoms with van der Waals surface area (Å²) in [6.07, 6.45) is 0.125. The number of hydrogen-bond acceptors (Lipinski definition) is 4. The van der Waals surface area contributed by atoms with Crippen molar-refractivity contribution in [2.75, 3.05) is 5.32 Å². The Bertz CT molecular complexity index is 1360. The lowest BCUT2D eigenvalue weighted by molar-refractivity contribution is -0.110. The lowest BCUT2D eigenvalue weighted by atomic mass is 9.87. The van der Waals surface area contributed by atoms with Gasteiger partial charge in [-0.05, 0) is 65.1 Å². The van der Waals surface area contributed by atoms with E-state index in [-0.39, 0.29) is 22.4 Å². The third kappa shape index (κ3) is 7.42. The van der Waals surface area contributed by atoms with E-state index in [0.29, 0.717) is 11.3 Å². The smallest absolute Gasteiger partial charge is 0.277 e. The fraction of sp³-hybridized carbons (Fsp3) is 0.192. The van der Waals surface area contributed by atoms with Crippen LogP contribution in [0.1, 0.15) is 42.3 Å². The zero-order valence-electron chi connectivity index (χ0n) is 19.6. The summed E-state index contributed by atoms with van der Waals surface area (Å²) in [7, 11) is -3.85. The Balaban J connectivity index is 1.89. The molecule has 0 fully saturated rings. The summed E-state index contributed by atoms with van der Waals surface area (Å²) in [5.74, 6) is -1.10. The lowest BCUT2D eigenvalue weighted by Gasteiger charge is -2.18. The molecule has 0 aliphatic heterocycles. The maximum atomic E-state index is 13.1. The van der Waals surface area contributed by atoms with Gasteiger partial charge in [-0.2, -0.15) is 0 Å². The summed E-state index contributed by atoms with van der Waals surface area (Å²) < 4.78 is 23.8. The molecule has 0 heterocycles. The fourth-order valence-electron chi connectivity index (χ4n) is 3.20. The van der Waals surface area contributed by atoms with Crippen LogP contribution in [-0.2, 0) is 26.7 Å². The maximum absolute atomic E-state index is 13.1. The lowest BCUT2D eigenvalue weighted by Crippen LogP contribution is -2.26. The average Bonchev–Trinajstić information content (AvgIpc) is 2.79. The first-order chi connectivity index (χ1) is 16.3. The third-order valence-corrected chi connectivity index (χ3v) is 6.68. The van der Waals surface area contributed by atoms with Crippen molar-refractivity contribution in [2.45, 2.75) is 37.5 Å². The molecule has 0 aliphatic rings. The Kier molecular flexibility index (Phi) is 8.04. The first-order valence-electron chi connectivity index (χ1n) is 10.7. The number of nitrogens with zero attached hydrogens (tertiary/aromatic N) is 1. The number of nitrogens with one attached hydrogen (secondary N) is 1. The molecular weight excluding hydrogens is 530 g/mol. The molecule has 0 unspecified atom stereocenters. The number of aliphatic imine (C=N–C) groups is 1. The fourth-order valence-corrected chi connectivity index (χ4v) is 3.98. The van der Waals surface area contributed by atoms with Gasteiger partial charge in [0.2, 0.25) is 10.0 Å². The minimum atomic E-state index is -3.85. The van der Waals surface area contributed by atoms with Crippen LogP contribution < -0.4 is 10.5 Å². The van der Waals surface area contributed by atoms with Gasteiger partial charge in [-0.25, -0.2) is 18.5 Å². The first-order valence-corrected chi connectivity index (χ1v) is 13.1. The molecule has 3 rings (SSSR count). The number of hydrogen-bond donors (Lipinski definition) is 2. The molecule has 0 aromatic heterocycles. The van der Waals surface area contributed by atoms with E-state index in [4.69, 9.17) is 5.14 Å². The van der Waals surface area contributed by atoms with E-state index < -0.39 is 21.8 Å². The number of carbonyl (C=O) groups excluding carboxylic acids is 2.